The number of aliphatic hydroxyl groups is 1. The third kappa shape index (κ3) is 4.81. The van der Waals surface area contributed by atoms with E-state index in [-0.39, 0.29) is 34.8 Å². The van der Waals surface area contributed by atoms with E-state index in [0.717, 1.165) is 32.1 Å². The van der Waals surface area contributed by atoms with Crippen LogP contribution in [0.5, 0.6) is 5.88 Å². The third-order valence-corrected chi connectivity index (χ3v) is 3.96. The van der Waals surface area contributed by atoms with Crippen molar-refractivity contribution in [2.75, 3.05) is 6.61 Å². The zero-order chi connectivity index (χ0) is 15.9. The topological polar surface area (TPSA) is 84.3 Å². The van der Waals surface area contributed by atoms with Gasteiger partial charge in [0.15, 0.2) is 0 Å². The van der Waals surface area contributed by atoms with Crippen LogP contribution in [0.1, 0.15) is 55.8 Å². The van der Waals surface area contributed by atoms with Crippen molar-refractivity contribution in [1.29, 1.82) is 0 Å². The van der Waals surface area contributed by atoms with E-state index in [1.165, 1.54) is 6.20 Å². The van der Waals surface area contributed by atoms with Gasteiger partial charge in [0.25, 0.3) is 5.91 Å². The minimum absolute atomic E-state index is 0.0487. The summed E-state index contributed by atoms with van der Waals surface area (Å²) in [5.41, 5.74) is 0.286. The second-order valence-electron chi connectivity index (χ2n) is 5.48. The molecule has 122 valence electrons. The van der Waals surface area contributed by atoms with E-state index in [1.807, 2.05) is 6.92 Å². The first-order valence-corrected chi connectivity index (χ1v) is 8.12. The van der Waals surface area contributed by atoms with E-state index in [1.54, 1.807) is 0 Å². The molecule has 22 heavy (non-hydrogen) atoms. The fourth-order valence-corrected chi connectivity index (χ4v) is 2.73. The Balaban J connectivity index is 2.04. The van der Waals surface area contributed by atoms with Crippen LogP contribution < -0.4 is 10.1 Å². The minimum Gasteiger partial charge on any atom is -0.477 e. The molecule has 0 aromatic carbocycles. The van der Waals surface area contributed by atoms with Gasteiger partial charge in [0.05, 0.1) is 12.7 Å². The van der Waals surface area contributed by atoms with E-state index in [2.05, 4.69) is 15.3 Å². The van der Waals surface area contributed by atoms with Crippen molar-refractivity contribution in [3.05, 3.63) is 17.0 Å². The van der Waals surface area contributed by atoms with Gasteiger partial charge in [-0.1, -0.05) is 12.8 Å². The number of rotatable bonds is 4. The first-order valence-electron chi connectivity index (χ1n) is 7.74. The lowest BCUT2D eigenvalue weighted by molar-refractivity contribution is 0.0905. The van der Waals surface area contributed by atoms with Crippen LogP contribution in [0.25, 0.3) is 0 Å². The number of aliphatic hydroxyl groups excluding tert-OH is 1. The number of amides is 1. The molecule has 1 aromatic rings. The molecular formula is C15H22ClN3O3. The molecule has 0 radical (unpaired) electrons. The summed E-state index contributed by atoms with van der Waals surface area (Å²) in [6.07, 6.45) is 6.34. The van der Waals surface area contributed by atoms with E-state index in [0.29, 0.717) is 13.0 Å². The molecule has 0 unspecified atom stereocenters. The molecule has 1 amide bonds. The van der Waals surface area contributed by atoms with Crippen LogP contribution in [0.4, 0.5) is 0 Å². The van der Waals surface area contributed by atoms with Gasteiger partial charge in [-0.3, -0.25) is 4.79 Å². The van der Waals surface area contributed by atoms with Crippen molar-refractivity contribution >= 4 is 17.5 Å². The number of carbonyl (C=O) groups excluding carboxylic acids is 1. The Morgan fingerprint density at radius 3 is 2.95 bits per heavy atom. The van der Waals surface area contributed by atoms with Gasteiger partial charge in [-0.2, -0.15) is 4.98 Å². The molecule has 0 saturated heterocycles. The Hall–Kier alpha value is -1.40. The van der Waals surface area contributed by atoms with E-state index in [9.17, 15) is 9.90 Å². The lowest BCUT2D eigenvalue weighted by Gasteiger charge is -2.23. The molecule has 1 fully saturated rings. The zero-order valence-electron chi connectivity index (χ0n) is 12.7. The maximum Gasteiger partial charge on any atom is 0.258 e. The van der Waals surface area contributed by atoms with Gasteiger partial charge in [0, 0.05) is 12.2 Å². The Morgan fingerprint density at radius 1 is 1.41 bits per heavy atom. The highest BCUT2D eigenvalue weighted by Gasteiger charge is 2.21. The minimum atomic E-state index is -0.266. The van der Waals surface area contributed by atoms with Crippen LogP contribution >= 0.6 is 11.6 Å². The number of nitrogens with one attached hydrogen (secondary N) is 1. The SMILES string of the molecule is CCOc1nc(Cl)ncc1C(=O)N[C@@H]1CCCC[C@H](O)CC1. The normalized spacial score (nSPS) is 22.5. The second kappa shape index (κ2) is 8.29. The second-order valence-corrected chi connectivity index (χ2v) is 5.81. The van der Waals surface area contributed by atoms with E-state index >= 15 is 0 Å². The highest BCUT2D eigenvalue weighted by molar-refractivity contribution is 6.28. The number of halogens is 1. The monoisotopic (exact) mass is 327 g/mol. The Bertz CT molecular complexity index is 513. The molecule has 0 bridgehead atoms. The molecular weight excluding hydrogens is 306 g/mol. The molecule has 7 heteroatoms. The van der Waals surface area contributed by atoms with Crippen molar-refractivity contribution in [1.82, 2.24) is 15.3 Å². The average Bonchev–Trinajstić information content (AvgIpc) is 2.47. The molecule has 1 aliphatic rings. The summed E-state index contributed by atoms with van der Waals surface area (Å²) in [6.45, 7) is 2.21. The molecule has 2 rings (SSSR count). The van der Waals surface area contributed by atoms with Crippen LogP contribution in [0.2, 0.25) is 5.28 Å². The molecule has 1 aliphatic carbocycles. The highest BCUT2D eigenvalue weighted by atomic mass is 35.5. The number of ether oxygens (including phenoxy) is 1. The van der Waals surface area contributed by atoms with Crippen molar-refractivity contribution in [2.24, 2.45) is 0 Å². The van der Waals surface area contributed by atoms with Gasteiger partial charge < -0.3 is 15.2 Å². The van der Waals surface area contributed by atoms with Gasteiger partial charge in [-0.25, -0.2) is 4.98 Å². The summed E-state index contributed by atoms with van der Waals surface area (Å²) in [5.74, 6) is -0.0638. The van der Waals surface area contributed by atoms with Gasteiger partial charge in [-0.15, -0.1) is 0 Å². The summed E-state index contributed by atoms with van der Waals surface area (Å²) in [5, 5.41) is 12.8. The molecule has 1 heterocycles. The van der Waals surface area contributed by atoms with Gasteiger partial charge in [0.2, 0.25) is 11.2 Å². The molecule has 2 atom stereocenters. The van der Waals surface area contributed by atoms with Crippen LogP contribution in [-0.2, 0) is 0 Å². The zero-order valence-corrected chi connectivity index (χ0v) is 13.5. The number of hydrogen-bond donors (Lipinski definition) is 2. The number of aromatic nitrogens is 2. The fraction of sp³-hybridized carbons (Fsp3) is 0.667. The van der Waals surface area contributed by atoms with Crippen LogP contribution in [0, 0.1) is 0 Å². The first kappa shape index (κ1) is 17.0. The Labute approximate surface area is 135 Å². The molecule has 1 aromatic heterocycles. The van der Waals surface area contributed by atoms with Gasteiger partial charge in [-0.05, 0) is 44.2 Å². The molecule has 2 N–H and O–H groups in total. The van der Waals surface area contributed by atoms with Crippen molar-refractivity contribution in [3.63, 3.8) is 0 Å². The van der Waals surface area contributed by atoms with Crippen molar-refractivity contribution in [2.45, 2.75) is 57.6 Å². The summed E-state index contributed by atoms with van der Waals surface area (Å²) < 4.78 is 5.35. The van der Waals surface area contributed by atoms with Crippen molar-refractivity contribution < 1.29 is 14.6 Å². The largest absolute Gasteiger partial charge is 0.477 e. The van der Waals surface area contributed by atoms with Crippen LogP contribution in [0.3, 0.4) is 0 Å². The molecule has 1 saturated carbocycles. The van der Waals surface area contributed by atoms with E-state index in [4.69, 9.17) is 16.3 Å². The van der Waals surface area contributed by atoms with Gasteiger partial charge >= 0.3 is 0 Å². The Morgan fingerprint density at radius 2 is 2.18 bits per heavy atom. The average molecular weight is 328 g/mol. The fourth-order valence-electron chi connectivity index (χ4n) is 2.61. The summed E-state index contributed by atoms with van der Waals surface area (Å²) in [4.78, 5) is 20.2. The molecule has 0 aliphatic heterocycles. The summed E-state index contributed by atoms with van der Waals surface area (Å²) >= 11 is 5.74. The summed E-state index contributed by atoms with van der Waals surface area (Å²) in [6, 6.07) is 0.0487. The van der Waals surface area contributed by atoms with Crippen LogP contribution in [0.15, 0.2) is 6.20 Å². The van der Waals surface area contributed by atoms with Gasteiger partial charge in [0.1, 0.15) is 5.56 Å². The number of carbonyl (C=O) groups is 1. The molecule has 6 nitrogen and oxygen atoms in total. The van der Waals surface area contributed by atoms with Crippen molar-refractivity contribution in [3.8, 4) is 5.88 Å². The van der Waals surface area contributed by atoms with E-state index < -0.39 is 0 Å². The third-order valence-electron chi connectivity index (χ3n) is 3.77. The predicted molar refractivity (Wildman–Crippen MR) is 83.2 cm³/mol. The quantitative estimate of drug-likeness (QED) is 0.829. The van der Waals surface area contributed by atoms with Crippen LogP contribution in [-0.4, -0.2) is 39.7 Å². The maximum absolute atomic E-state index is 12.4. The smallest absolute Gasteiger partial charge is 0.258 e. The standard InChI is InChI=1S/C15H22ClN3O3/c1-2-22-14-12(9-17-15(16)19-14)13(21)18-10-5-3-4-6-11(20)8-7-10/h9-11,20H,2-8H2,1H3,(H,18,21)/t10-,11+/m1/s1. The first-order chi connectivity index (χ1) is 10.6. The highest BCUT2D eigenvalue weighted by Crippen LogP contribution is 2.20. The number of hydrogen-bond acceptors (Lipinski definition) is 5. The predicted octanol–water partition coefficient (Wildman–Crippen LogP) is 2.34. The number of nitrogens with zero attached hydrogens (tertiary/aromatic N) is 2. The lowest BCUT2D eigenvalue weighted by Crippen LogP contribution is -2.36. The maximum atomic E-state index is 12.4. The molecule has 0 spiro atoms. The summed E-state index contributed by atoms with van der Waals surface area (Å²) in [7, 11) is 0. The lowest BCUT2D eigenvalue weighted by atomic mass is 9.95. The Kier molecular flexibility index (Phi) is 6.39.